The first kappa shape index (κ1) is 15.1. The minimum atomic E-state index is -0.287. The van der Waals surface area contributed by atoms with Crippen LogP contribution < -0.4 is 14.8 Å². The Morgan fingerprint density at radius 1 is 1.40 bits per heavy atom. The summed E-state index contributed by atoms with van der Waals surface area (Å²) in [6.07, 6.45) is 0.890. The first-order chi connectivity index (χ1) is 9.61. The van der Waals surface area contributed by atoms with Crippen LogP contribution in [0.1, 0.15) is 38.8 Å². The second-order valence-corrected chi connectivity index (χ2v) is 5.41. The molecule has 0 saturated carbocycles. The van der Waals surface area contributed by atoms with Gasteiger partial charge in [0, 0.05) is 24.6 Å². The van der Waals surface area contributed by atoms with E-state index in [1.807, 2.05) is 19.1 Å². The molecule has 2 atom stereocenters. The Balaban J connectivity index is 2.28. The monoisotopic (exact) mass is 279 g/mol. The number of ether oxygens (including phenoxy) is 3. The fraction of sp³-hybridized carbons (Fsp3) is 0.625. The number of fused-ring (bicyclic) bond motifs is 1. The molecule has 0 aliphatic carbocycles. The van der Waals surface area contributed by atoms with Crippen LogP contribution in [0.4, 0.5) is 0 Å². The van der Waals surface area contributed by atoms with Gasteiger partial charge in [-0.25, -0.2) is 0 Å². The van der Waals surface area contributed by atoms with Crippen molar-refractivity contribution in [3.8, 4) is 11.5 Å². The molecule has 4 nitrogen and oxygen atoms in total. The van der Waals surface area contributed by atoms with E-state index in [2.05, 4.69) is 25.2 Å². The first-order valence-corrected chi connectivity index (χ1v) is 7.30. The summed E-state index contributed by atoms with van der Waals surface area (Å²) in [7, 11) is 1.69. The molecule has 0 amide bonds. The molecule has 0 saturated heterocycles. The summed E-state index contributed by atoms with van der Waals surface area (Å²) in [5.41, 5.74) is 0.880. The topological polar surface area (TPSA) is 39.7 Å². The average molecular weight is 279 g/mol. The lowest BCUT2D eigenvalue weighted by molar-refractivity contribution is -0.0331. The van der Waals surface area contributed by atoms with E-state index in [0.717, 1.165) is 24.5 Å². The van der Waals surface area contributed by atoms with Crippen LogP contribution in [0.5, 0.6) is 11.5 Å². The van der Waals surface area contributed by atoms with E-state index < -0.39 is 0 Å². The van der Waals surface area contributed by atoms with Crippen LogP contribution in [0, 0.1) is 0 Å². The van der Waals surface area contributed by atoms with Gasteiger partial charge in [-0.2, -0.15) is 0 Å². The minimum Gasteiger partial charge on any atom is -0.497 e. The predicted octanol–water partition coefficient (Wildman–Crippen LogP) is 2.92. The summed E-state index contributed by atoms with van der Waals surface area (Å²) in [4.78, 5) is 0. The molecule has 0 radical (unpaired) electrons. The highest BCUT2D eigenvalue weighted by Gasteiger charge is 2.37. The van der Waals surface area contributed by atoms with E-state index in [-0.39, 0.29) is 11.6 Å². The van der Waals surface area contributed by atoms with Gasteiger partial charge >= 0.3 is 0 Å². The molecule has 0 bridgehead atoms. The van der Waals surface area contributed by atoms with E-state index in [4.69, 9.17) is 14.2 Å². The zero-order valence-corrected chi connectivity index (χ0v) is 12.9. The molecule has 4 heteroatoms. The van der Waals surface area contributed by atoms with E-state index in [9.17, 15) is 0 Å². The van der Waals surface area contributed by atoms with Gasteiger partial charge in [0.1, 0.15) is 17.1 Å². The third-order valence-corrected chi connectivity index (χ3v) is 3.65. The molecule has 2 rings (SSSR count). The lowest BCUT2D eigenvalue weighted by Crippen LogP contribution is -2.45. The second kappa shape index (κ2) is 6.46. The quantitative estimate of drug-likeness (QED) is 0.869. The number of benzene rings is 1. The Hall–Kier alpha value is -1.26. The highest BCUT2D eigenvalue weighted by Crippen LogP contribution is 2.41. The van der Waals surface area contributed by atoms with Crippen LogP contribution >= 0.6 is 0 Å². The van der Waals surface area contributed by atoms with E-state index in [1.54, 1.807) is 7.11 Å². The first-order valence-electron chi connectivity index (χ1n) is 7.30. The maximum absolute atomic E-state index is 6.18. The third kappa shape index (κ3) is 3.25. The van der Waals surface area contributed by atoms with Crippen LogP contribution in [0.3, 0.4) is 0 Å². The van der Waals surface area contributed by atoms with Crippen molar-refractivity contribution >= 4 is 0 Å². The second-order valence-electron chi connectivity index (χ2n) is 5.41. The fourth-order valence-corrected chi connectivity index (χ4v) is 2.70. The van der Waals surface area contributed by atoms with E-state index in [1.165, 1.54) is 5.56 Å². The molecule has 1 aliphatic heterocycles. The van der Waals surface area contributed by atoms with Gasteiger partial charge in [-0.05, 0) is 38.6 Å². The van der Waals surface area contributed by atoms with Crippen LogP contribution in [-0.4, -0.2) is 32.5 Å². The Morgan fingerprint density at radius 3 is 2.85 bits per heavy atom. The summed E-state index contributed by atoms with van der Waals surface area (Å²) < 4.78 is 17.1. The normalized spacial score (nSPS) is 24.9. The summed E-state index contributed by atoms with van der Waals surface area (Å²) in [5.74, 6) is 1.79. The van der Waals surface area contributed by atoms with Crippen molar-refractivity contribution in [3.05, 3.63) is 23.8 Å². The predicted molar refractivity (Wildman–Crippen MR) is 79.6 cm³/mol. The number of methoxy groups -OCH3 is 1. The van der Waals surface area contributed by atoms with Crippen LogP contribution in [0.25, 0.3) is 0 Å². The molecule has 0 fully saturated rings. The largest absolute Gasteiger partial charge is 0.497 e. The van der Waals surface area contributed by atoms with Gasteiger partial charge in [-0.15, -0.1) is 0 Å². The third-order valence-electron chi connectivity index (χ3n) is 3.65. The Labute approximate surface area is 121 Å². The number of hydrogen-bond acceptors (Lipinski definition) is 4. The fourth-order valence-electron chi connectivity index (χ4n) is 2.70. The standard InChI is InChI=1S/C16H25NO3/c1-5-17-14-10-16(3,11-19-6-2)20-15-8-7-12(18-4)9-13(14)15/h7-9,14,17H,5-6,10-11H2,1-4H3. The molecule has 0 aromatic heterocycles. The van der Waals surface area contributed by atoms with Crippen molar-refractivity contribution in [2.24, 2.45) is 0 Å². The molecular weight excluding hydrogens is 254 g/mol. The zero-order valence-electron chi connectivity index (χ0n) is 12.9. The highest BCUT2D eigenvalue weighted by molar-refractivity contribution is 5.44. The van der Waals surface area contributed by atoms with Crippen molar-refractivity contribution in [2.75, 3.05) is 26.9 Å². The molecule has 112 valence electrons. The minimum absolute atomic E-state index is 0.268. The van der Waals surface area contributed by atoms with Crippen molar-refractivity contribution in [2.45, 2.75) is 38.8 Å². The molecule has 2 unspecified atom stereocenters. The van der Waals surface area contributed by atoms with Crippen molar-refractivity contribution in [1.29, 1.82) is 0 Å². The van der Waals surface area contributed by atoms with Gasteiger partial charge in [0.15, 0.2) is 0 Å². The summed E-state index contributed by atoms with van der Waals surface area (Å²) >= 11 is 0. The van der Waals surface area contributed by atoms with Crippen LogP contribution in [-0.2, 0) is 4.74 Å². The van der Waals surface area contributed by atoms with Gasteiger partial charge in [0.2, 0.25) is 0 Å². The van der Waals surface area contributed by atoms with Gasteiger partial charge in [-0.1, -0.05) is 6.92 Å². The lowest BCUT2D eigenvalue weighted by Gasteiger charge is -2.40. The Kier molecular flexibility index (Phi) is 4.89. The molecule has 1 heterocycles. The number of nitrogens with one attached hydrogen (secondary N) is 1. The van der Waals surface area contributed by atoms with Gasteiger partial charge in [-0.3, -0.25) is 0 Å². The zero-order chi connectivity index (χ0) is 14.6. The molecule has 1 aliphatic rings. The van der Waals surface area contributed by atoms with Gasteiger partial charge in [0.05, 0.1) is 13.7 Å². The summed E-state index contributed by atoms with van der Waals surface area (Å²) in [6.45, 7) is 8.48. The molecule has 1 aromatic rings. The van der Waals surface area contributed by atoms with Gasteiger partial charge in [0.25, 0.3) is 0 Å². The molecule has 1 N–H and O–H groups in total. The van der Waals surface area contributed by atoms with Crippen LogP contribution in [0.2, 0.25) is 0 Å². The smallest absolute Gasteiger partial charge is 0.131 e. The SMILES string of the molecule is CCNC1CC(C)(COCC)Oc2ccc(OC)cc21. The Bertz CT molecular complexity index is 449. The lowest BCUT2D eigenvalue weighted by atomic mass is 9.88. The summed E-state index contributed by atoms with van der Waals surface area (Å²) in [5, 5.41) is 3.53. The molecule has 20 heavy (non-hydrogen) atoms. The average Bonchev–Trinajstić information content (AvgIpc) is 2.45. The molecule has 0 spiro atoms. The number of hydrogen-bond donors (Lipinski definition) is 1. The van der Waals surface area contributed by atoms with Crippen molar-refractivity contribution in [1.82, 2.24) is 5.32 Å². The van der Waals surface area contributed by atoms with Gasteiger partial charge < -0.3 is 19.5 Å². The summed E-state index contributed by atoms with van der Waals surface area (Å²) in [6, 6.07) is 6.25. The number of rotatable bonds is 6. The van der Waals surface area contributed by atoms with Crippen molar-refractivity contribution < 1.29 is 14.2 Å². The maximum Gasteiger partial charge on any atom is 0.131 e. The van der Waals surface area contributed by atoms with E-state index >= 15 is 0 Å². The maximum atomic E-state index is 6.18. The van der Waals surface area contributed by atoms with E-state index in [0.29, 0.717) is 13.2 Å². The van der Waals surface area contributed by atoms with Crippen LogP contribution in [0.15, 0.2) is 18.2 Å². The van der Waals surface area contributed by atoms with Crippen molar-refractivity contribution in [3.63, 3.8) is 0 Å². The Morgan fingerprint density at radius 2 is 2.20 bits per heavy atom. The molecular formula is C16H25NO3. The molecule has 1 aromatic carbocycles. The highest BCUT2D eigenvalue weighted by atomic mass is 16.5.